The van der Waals surface area contributed by atoms with E-state index in [1.54, 1.807) is 0 Å². The van der Waals surface area contributed by atoms with Gasteiger partial charge in [-0.2, -0.15) is 13.2 Å². The van der Waals surface area contributed by atoms with Crippen molar-refractivity contribution in [2.75, 3.05) is 4.72 Å². The number of anilines is 1. The number of nitrogens with zero attached hydrogens (tertiary/aromatic N) is 1. The van der Waals surface area contributed by atoms with Crippen LogP contribution in [0.3, 0.4) is 0 Å². The predicted octanol–water partition coefficient (Wildman–Crippen LogP) is 4.01. The number of rotatable bonds is 3. The number of halogens is 4. The van der Waals surface area contributed by atoms with Gasteiger partial charge in [-0.1, -0.05) is 11.6 Å². The van der Waals surface area contributed by atoms with Crippen molar-refractivity contribution in [1.29, 1.82) is 0 Å². The van der Waals surface area contributed by atoms with Crippen LogP contribution < -0.4 is 10.3 Å². The lowest BCUT2D eigenvalue weighted by molar-refractivity contribution is -0.136. The van der Waals surface area contributed by atoms with Crippen molar-refractivity contribution in [2.24, 2.45) is 7.05 Å². The molecule has 0 aliphatic heterocycles. The van der Waals surface area contributed by atoms with Gasteiger partial charge in [-0.25, -0.2) is 8.42 Å². The third kappa shape index (κ3) is 3.79. The normalized spacial score (nSPS) is 12.3. The monoisotopic (exact) mass is 416 g/mol. The molecule has 0 bridgehead atoms. The number of hydrogen-bond acceptors (Lipinski definition) is 3. The fourth-order valence-electron chi connectivity index (χ4n) is 2.57. The molecule has 0 aliphatic rings. The van der Waals surface area contributed by atoms with E-state index in [0.717, 1.165) is 16.7 Å². The Balaban J connectivity index is 2.17. The summed E-state index contributed by atoms with van der Waals surface area (Å²) in [5.41, 5.74) is -1.86. The van der Waals surface area contributed by atoms with E-state index in [0.29, 0.717) is 11.1 Å². The zero-order valence-corrected chi connectivity index (χ0v) is 15.3. The van der Waals surface area contributed by atoms with Gasteiger partial charge in [0.05, 0.1) is 16.0 Å². The maximum absolute atomic E-state index is 13.3. The number of hydrogen-bond donors (Lipinski definition) is 1. The van der Waals surface area contributed by atoms with Crippen LogP contribution >= 0.6 is 11.6 Å². The Labute approximate surface area is 157 Å². The van der Waals surface area contributed by atoms with E-state index < -0.39 is 27.3 Å². The highest BCUT2D eigenvalue weighted by Gasteiger charge is 2.34. The van der Waals surface area contributed by atoms with Crippen molar-refractivity contribution >= 4 is 38.2 Å². The molecular formula is C17H12ClF3N2O3S. The van der Waals surface area contributed by atoms with Crippen LogP contribution in [0.25, 0.3) is 10.9 Å². The second kappa shape index (κ2) is 6.58. The third-order valence-corrected chi connectivity index (χ3v) is 5.56. The summed E-state index contributed by atoms with van der Waals surface area (Å²) >= 11 is 5.74. The van der Waals surface area contributed by atoms with E-state index in [1.165, 1.54) is 37.4 Å². The minimum Gasteiger partial charge on any atom is -0.311 e. The molecule has 2 aromatic carbocycles. The summed E-state index contributed by atoms with van der Waals surface area (Å²) in [6.07, 6.45) is -4.81. The van der Waals surface area contributed by atoms with Crippen molar-refractivity contribution < 1.29 is 21.6 Å². The summed E-state index contributed by atoms with van der Waals surface area (Å²) in [5, 5.41) is 0.0166. The van der Waals surface area contributed by atoms with Crippen molar-refractivity contribution in [3.8, 4) is 0 Å². The Bertz CT molecular complexity index is 1190. The van der Waals surface area contributed by atoms with Crippen molar-refractivity contribution in [3.63, 3.8) is 0 Å². The summed E-state index contributed by atoms with van der Waals surface area (Å²) in [6, 6.07) is 9.44. The van der Waals surface area contributed by atoms with Gasteiger partial charge in [0, 0.05) is 29.2 Å². The lowest BCUT2D eigenvalue weighted by Crippen LogP contribution is -2.21. The Hall–Kier alpha value is -2.52. The molecule has 142 valence electrons. The van der Waals surface area contributed by atoms with Crippen LogP contribution in [0.2, 0.25) is 5.02 Å². The van der Waals surface area contributed by atoms with Gasteiger partial charge in [0.1, 0.15) is 0 Å². The average molecular weight is 417 g/mol. The number of nitrogens with one attached hydrogen (secondary N) is 1. The number of sulfonamides is 1. The van der Waals surface area contributed by atoms with E-state index >= 15 is 0 Å². The molecule has 0 fully saturated rings. The highest BCUT2D eigenvalue weighted by Crippen LogP contribution is 2.34. The quantitative estimate of drug-likeness (QED) is 0.701. The molecule has 0 spiro atoms. The minimum absolute atomic E-state index is 0.0275. The van der Waals surface area contributed by atoms with Crippen molar-refractivity contribution in [3.05, 3.63) is 69.5 Å². The molecule has 0 radical (unpaired) electrons. The highest BCUT2D eigenvalue weighted by atomic mass is 35.5. The number of aryl methyl sites for hydroxylation is 1. The molecule has 1 aromatic heterocycles. The van der Waals surface area contributed by atoms with Gasteiger partial charge in [0.2, 0.25) is 0 Å². The Morgan fingerprint density at radius 3 is 2.26 bits per heavy atom. The standard InChI is InChI=1S/C17H12ClF3N2O3S/c1-23-15-7-6-12(8-13(15)14(9-16(23)24)17(19,20)21)27(25,26)22-11-4-2-10(18)3-5-11/h2-9,22H,1H3. The second-order valence-electron chi connectivity index (χ2n) is 5.74. The number of fused-ring (bicyclic) bond motifs is 1. The Morgan fingerprint density at radius 2 is 1.67 bits per heavy atom. The highest BCUT2D eigenvalue weighted by molar-refractivity contribution is 7.92. The molecule has 1 N–H and O–H groups in total. The SMILES string of the molecule is Cn1c(=O)cc(C(F)(F)F)c2cc(S(=O)(=O)Nc3ccc(Cl)cc3)ccc21. The zero-order valence-electron chi connectivity index (χ0n) is 13.7. The van der Waals surface area contributed by atoms with Gasteiger partial charge in [-0.15, -0.1) is 0 Å². The lowest BCUT2D eigenvalue weighted by atomic mass is 10.1. The summed E-state index contributed by atoms with van der Waals surface area (Å²) in [4.78, 5) is 11.4. The molecule has 27 heavy (non-hydrogen) atoms. The Kier molecular flexibility index (Phi) is 4.69. The summed E-state index contributed by atoms with van der Waals surface area (Å²) in [5.74, 6) is 0. The van der Waals surface area contributed by atoms with Crippen LogP contribution in [-0.2, 0) is 23.2 Å². The van der Waals surface area contributed by atoms with Crippen LogP contribution in [0.5, 0.6) is 0 Å². The smallest absolute Gasteiger partial charge is 0.311 e. The van der Waals surface area contributed by atoms with Crippen LogP contribution in [0.15, 0.2) is 58.2 Å². The summed E-state index contributed by atoms with van der Waals surface area (Å²) in [7, 11) is -2.84. The fourth-order valence-corrected chi connectivity index (χ4v) is 3.78. The first kappa shape index (κ1) is 19.2. The van der Waals surface area contributed by atoms with Gasteiger partial charge < -0.3 is 4.57 Å². The summed E-state index contributed by atoms with van der Waals surface area (Å²) in [6.45, 7) is 0. The first-order chi connectivity index (χ1) is 12.5. The number of benzene rings is 2. The maximum Gasteiger partial charge on any atom is 0.417 e. The number of aromatic nitrogens is 1. The molecule has 10 heteroatoms. The van der Waals surface area contributed by atoms with Gasteiger partial charge >= 0.3 is 6.18 Å². The van der Waals surface area contributed by atoms with E-state index in [4.69, 9.17) is 11.6 Å². The van der Waals surface area contributed by atoms with E-state index in [-0.39, 0.29) is 21.5 Å². The largest absolute Gasteiger partial charge is 0.417 e. The molecule has 0 unspecified atom stereocenters. The first-order valence-corrected chi connectivity index (χ1v) is 9.34. The second-order valence-corrected chi connectivity index (χ2v) is 7.86. The molecule has 0 saturated heterocycles. The van der Waals surface area contributed by atoms with Gasteiger partial charge in [-0.05, 0) is 42.5 Å². The first-order valence-electron chi connectivity index (χ1n) is 7.48. The van der Waals surface area contributed by atoms with Crippen LogP contribution in [0, 0.1) is 0 Å². The molecule has 0 atom stereocenters. The van der Waals surface area contributed by atoms with E-state index in [9.17, 15) is 26.4 Å². The van der Waals surface area contributed by atoms with Crippen LogP contribution in [0.4, 0.5) is 18.9 Å². The minimum atomic E-state index is -4.81. The van der Waals surface area contributed by atoms with Crippen LogP contribution in [-0.4, -0.2) is 13.0 Å². The topological polar surface area (TPSA) is 68.2 Å². The molecule has 5 nitrogen and oxygen atoms in total. The van der Waals surface area contributed by atoms with E-state index in [2.05, 4.69) is 4.72 Å². The fraction of sp³-hybridized carbons (Fsp3) is 0.118. The molecule has 3 rings (SSSR count). The van der Waals surface area contributed by atoms with E-state index in [1.807, 2.05) is 0 Å². The Morgan fingerprint density at radius 1 is 1.04 bits per heavy atom. The van der Waals surface area contributed by atoms with Gasteiger partial charge in [0.15, 0.2) is 0 Å². The molecule has 0 amide bonds. The van der Waals surface area contributed by atoms with Crippen molar-refractivity contribution in [1.82, 2.24) is 4.57 Å². The maximum atomic E-state index is 13.3. The third-order valence-electron chi connectivity index (χ3n) is 3.93. The molecule has 0 saturated carbocycles. The molecular weight excluding hydrogens is 405 g/mol. The van der Waals surface area contributed by atoms with Crippen molar-refractivity contribution in [2.45, 2.75) is 11.1 Å². The predicted molar refractivity (Wildman–Crippen MR) is 96.5 cm³/mol. The number of alkyl halides is 3. The zero-order chi connectivity index (χ0) is 20.0. The average Bonchev–Trinajstić information content (AvgIpc) is 2.58. The molecule has 1 heterocycles. The molecule has 3 aromatic rings. The summed E-state index contributed by atoms with van der Waals surface area (Å²) < 4.78 is 68.3. The van der Waals surface area contributed by atoms with Gasteiger partial charge in [0.25, 0.3) is 15.6 Å². The van der Waals surface area contributed by atoms with Gasteiger partial charge in [-0.3, -0.25) is 9.52 Å². The van der Waals surface area contributed by atoms with Crippen LogP contribution in [0.1, 0.15) is 5.56 Å². The lowest BCUT2D eigenvalue weighted by Gasteiger charge is -2.14. The number of pyridine rings is 1. The molecule has 0 aliphatic carbocycles.